The van der Waals surface area contributed by atoms with E-state index in [-0.39, 0.29) is 5.69 Å². The van der Waals surface area contributed by atoms with E-state index in [1.54, 1.807) is 31.7 Å². The first-order valence-electron chi connectivity index (χ1n) is 7.68. The van der Waals surface area contributed by atoms with Crippen molar-refractivity contribution < 1.29 is 23.4 Å². The first-order chi connectivity index (χ1) is 11.2. The Balaban J connectivity index is 1.70. The second-order valence-corrected chi connectivity index (χ2v) is 7.05. The van der Waals surface area contributed by atoms with Gasteiger partial charge in [-0.25, -0.2) is 14.0 Å². The van der Waals surface area contributed by atoms with Crippen molar-refractivity contribution >= 4 is 11.8 Å². The lowest BCUT2D eigenvalue weighted by Crippen LogP contribution is -2.36. The Bertz CT molecular complexity index is 704. The van der Waals surface area contributed by atoms with Crippen LogP contribution in [-0.2, 0) is 9.47 Å². The first kappa shape index (κ1) is 16.5. The van der Waals surface area contributed by atoms with Crippen LogP contribution in [0.5, 0.6) is 5.75 Å². The molecule has 1 aromatic rings. The van der Waals surface area contributed by atoms with Crippen molar-refractivity contribution in [1.29, 1.82) is 0 Å². The summed E-state index contributed by atoms with van der Waals surface area (Å²) >= 11 is 0. The largest absolute Gasteiger partial charge is 0.485 e. The number of hydrogen-bond acceptors (Lipinski definition) is 4. The zero-order valence-electron chi connectivity index (χ0n) is 13.8. The molecule has 2 fully saturated rings. The molecule has 2 aliphatic heterocycles. The standard InChI is InChI=1S/C17H19FN2O4/c1-16(2,3)24-15(21)20-8-14(17(9-20)10-22-17)23-11-5-6-13(19-4)12(18)7-11/h5-7,14H,8-10H2,1-3H3/t14-,17-/m0/s1. The van der Waals surface area contributed by atoms with Crippen LogP contribution in [0.2, 0.25) is 0 Å². The fourth-order valence-electron chi connectivity index (χ4n) is 2.65. The van der Waals surface area contributed by atoms with Gasteiger partial charge in [0.25, 0.3) is 0 Å². The average Bonchev–Trinajstić information content (AvgIpc) is 3.15. The van der Waals surface area contributed by atoms with Gasteiger partial charge < -0.3 is 19.1 Å². The molecule has 0 radical (unpaired) electrons. The molecular formula is C17H19FN2O4. The molecule has 6 nitrogen and oxygen atoms in total. The molecule has 2 aliphatic rings. The third kappa shape index (κ3) is 3.29. The molecule has 0 N–H and O–H groups in total. The minimum Gasteiger partial charge on any atom is -0.485 e. The lowest BCUT2D eigenvalue weighted by molar-refractivity contribution is 0.0273. The number of ether oxygens (including phenoxy) is 3. The predicted octanol–water partition coefficient (Wildman–Crippen LogP) is 3.14. The van der Waals surface area contributed by atoms with Gasteiger partial charge in [0, 0.05) is 6.07 Å². The normalized spacial score (nSPS) is 25.5. The molecule has 2 heterocycles. The fourth-order valence-corrected chi connectivity index (χ4v) is 2.65. The molecule has 2 atom stereocenters. The van der Waals surface area contributed by atoms with Crippen LogP contribution in [0.25, 0.3) is 4.85 Å². The van der Waals surface area contributed by atoms with Gasteiger partial charge in [0.15, 0.2) is 0 Å². The number of carbonyl (C=O) groups excluding carboxylic acids is 1. The molecule has 1 spiro atoms. The fraction of sp³-hybridized carbons (Fsp3) is 0.529. The highest BCUT2D eigenvalue weighted by molar-refractivity contribution is 5.69. The van der Waals surface area contributed by atoms with Crippen LogP contribution in [0.15, 0.2) is 18.2 Å². The third-order valence-electron chi connectivity index (χ3n) is 3.92. The number of hydrogen-bond donors (Lipinski definition) is 0. The van der Waals surface area contributed by atoms with Crippen molar-refractivity contribution in [1.82, 2.24) is 4.90 Å². The summed E-state index contributed by atoms with van der Waals surface area (Å²) < 4.78 is 30.4. The second kappa shape index (κ2) is 5.64. The molecule has 0 aliphatic carbocycles. The number of nitrogens with zero attached hydrogens (tertiary/aromatic N) is 2. The van der Waals surface area contributed by atoms with E-state index in [1.165, 1.54) is 12.1 Å². The Labute approximate surface area is 139 Å². The van der Waals surface area contributed by atoms with E-state index in [0.717, 1.165) is 0 Å². The van der Waals surface area contributed by atoms with Crippen molar-refractivity contribution in [2.45, 2.75) is 38.1 Å². The summed E-state index contributed by atoms with van der Waals surface area (Å²) in [6.45, 7) is 13.5. The molecular weight excluding hydrogens is 315 g/mol. The Morgan fingerprint density at radius 3 is 2.75 bits per heavy atom. The number of likely N-dealkylation sites (tertiary alicyclic amines) is 1. The van der Waals surface area contributed by atoms with Gasteiger partial charge in [0.1, 0.15) is 28.9 Å². The van der Waals surface area contributed by atoms with Gasteiger partial charge in [-0.15, -0.1) is 0 Å². The molecule has 2 saturated heterocycles. The SMILES string of the molecule is [C-]#[N+]c1ccc(O[C@H]2CN(C(=O)OC(C)(C)C)C[C@]23CO3)cc1F. The van der Waals surface area contributed by atoms with Gasteiger partial charge in [0.05, 0.1) is 26.3 Å². The maximum absolute atomic E-state index is 13.7. The van der Waals surface area contributed by atoms with Gasteiger partial charge in [-0.2, -0.15) is 0 Å². The number of epoxide rings is 1. The summed E-state index contributed by atoms with van der Waals surface area (Å²) in [7, 11) is 0. The summed E-state index contributed by atoms with van der Waals surface area (Å²) in [4.78, 5) is 16.8. The van der Waals surface area contributed by atoms with E-state index in [4.69, 9.17) is 20.8 Å². The number of halogens is 1. The van der Waals surface area contributed by atoms with Gasteiger partial charge in [-0.3, -0.25) is 0 Å². The summed E-state index contributed by atoms with van der Waals surface area (Å²) in [6, 6.07) is 4.10. The smallest absolute Gasteiger partial charge is 0.410 e. The molecule has 128 valence electrons. The molecule has 1 amide bonds. The minimum atomic E-state index is -0.629. The predicted molar refractivity (Wildman–Crippen MR) is 83.6 cm³/mol. The number of amides is 1. The monoisotopic (exact) mass is 334 g/mol. The van der Waals surface area contributed by atoms with Crippen LogP contribution in [0, 0.1) is 12.4 Å². The second-order valence-electron chi connectivity index (χ2n) is 7.05. The summed E-state index contributed by atoms with van der Waals surface area (Å²) in [5.74, 6) is -0.318. The zero-order valence-corrected chi connectivity index (χ0v) is 13.8. The van der Waals surface area contributed by atoms with Crippen molar-refractivity contribution in [3.8, 4) is 5.75 Å². The minimum absolute atomic E-state index is 0.0541. The van der Waals surface area contributed by atoms with Gasteiger partial charge in [0.2, 0.25) is 5.69 Å². The molecule has 0 saturated carbocycles. The molecule has 0 aromatic heterocycles. The van der Waals surface area contributed by atoms with Crippen LogP contribution in [0.1, 0.15) is 20.8 Å². The van der Waals surface area contributed by atoms with Crippen molar-refractivity contribution in [2.75, 3.05) is 19.7 Å². The van der Waals surface area contributed by atoms with Crippen molar-refractivity contribution in [3.63, 3.8) is 0 Å². The number of rotatable bonds is 2. The van der Waals surface area contributed by atoms with Crippen LogP contribution in [0.4, 0.5) is 14.9 Å². The van der Waals surface area contributed by atoms with Crippen LogP contribution >= 0.6 is 0 Å². The molecule has 24 heavy (non-hydrogen) atoms. The summed E-state index contributed by atoms with van der Waals surface area (Å²) in [6.07, 6.45) is -0.818. The van der Waals surface area contributed by atoms with E-state index in [9.17, 15) is 9.18 Å². The molecule has 0 unspecified atom stereocenters. The maximum Gasteiger partial charge on any atom is 0.410 e. The lowest BCUT2D eigenvalue weighted by Gasteiger charge is -2.24. The highest BCUT2D eigenvalue weighted by Gasteiger charge is 2.60. The van der Waals surface area contributed by atoms with E-state index in [0.29, 0.717) is 25.4 Å². The van der Waals surface area contributed by atoms with E-state index in [1.807, 2.05) is 0 Å². The average molecular weight is 334 g/mol. The topological polar surface area (TPSA) is 55.7 Å². The van der Waals surface area contributed by atoms with Gasteiger partial charge in [-0.05, 0) is 32.9 Å². The Morgan fingerprint density at radius 1 is 1.50 bits per heavy atom. The number of benzene rings is 1. The first-order valence-corrected chi connectivity index (χ1v) is 7.68. The summed E-state index contributed by atoms with van der Waals surface area (Å²) in [5, 5.41) is 0. The van der Waals surface area contributed by atoms with Gasteiger partial charge >= 0.3 is 6.09 Å². The number of carbonyl (C=O) groups is 1. The Hall–Kier alpha value is -2.33. The summed E-state index contributed by atoms with van der Waals surface area (Å²) in [5.41, 5.74) is -1.18. The quantitative estimate of drug-likeness (QED) is 0.616. The van der Waals surface area contributed by atoms with E-state index >= 15 is 0 Å². The van der Waals surface area contributed by atoms with E-state index in [2.05, 4.69) is 4.85 Å². The highest BCUT2D eigenvalue weighted by Crippen LogP contribution is 2.40. The highest BCUT2D eigenvalue weighted by atomic mass is 19.1. The molecule has 3 rings (SSSR count). The van der Waals surface area contributed by atoms with Crippen LogP contribution < -0.4 is 4.74 Å². The molecule has 0 bridgehead atoms. The molecule has 7 heteroatoms. The lowest BCUT2D eigenvalue weighted by atomic mass is 10.1. The van der Waals surface area contributed by atoms with Crippen molar-refractivity contribution in [3.05, 3.63) is 35.4 Å². The van der Waals surface area contributed by atoms with Crippen LogP contribution in [0.3, 0.4) is 0 Å². The zero-order chi connectivity index (χ0) is 17.5. The third-order valence-corrected chi connectivity index (χ3v) is 3.92. The Kier molecular flexibility index (Phi) is 3.88. The van der Waals surface area contributed by atoms with Crippen molar-refractivity contribution in [2.24, 2.45) is 0 Å². The van der Waals surface area contributed by atoms with E-state index < -0.39 is 29.2 Å². The maximum atomic E-state index is 13.7. The van der Waals surface area contributed by atoms with Gasteiger partial charge in [-0.1, -0.05) is 0 Å². The van der Waals surface area contributed by atoms with Crippen LogP contribution in [-0.4, -0.2) is 48.0 Å². The Morgan fingerprint density at radius 2 is 2.21 bits per heavy atom. The molecule has 1 aromatic carbocycles.